The summed E-state index contributed by atoms with van der Waals surface area (Å²) < 4.78 is 0. The van der Waals surface area contributed by atoms with Crippen LogP contribution in [0.1, 0.15) is 0 Å². The third-order valence-electron chi connectivity index (χ3n) is 0.0745. The summed E-state index contributed by atoms with van der Waals surface area (Å²) in [6.45, 7) is 1.02. The van der Waals surface area contributed by atoms with Crippen LogP contribution in [0.2, 0.25) is 0 Å². The molecule has 0 aromatic heterocycles. The van der Waals surface area contributed by atoms with Gasteiger partial charge in [-0.05, 0) is 0 Å². The molecule has 1 atom stereocenters. The standard InChI is InChI=1S/BH3P2S/c2-1-3-4/h1H,2H2. The molecule has 0 fully saturated rings. The average molecular weight is 108 g/mol. The second-order valence-corrected chi connectivity index (χ2v) is 2.81. The first kappa shape index (κ1) is 5.01. The summed E-state index contributed by atoms with van der Waals surface area (Å²) in [5.74, 6) is 0. The minimum Gasteiger partial charge on any atom is -0.164 e. The molecule has 0 aliphatic rings. The highest BCUT2D eigenvalue weighted by Crippen LogP contribution is 1.89. The van der Waals surface area contributed by atoms with E-state index in [9.17, 15) is 0 Å². The lowest BCUT2D eigenvalue weighted by Crippen LogP contribution is -1.37. The lowest BCUT2D eigenvalue weighted by molar-refractivity contribution is 4.78. The van der Waals surface area contributed by atoms with Crippen molar-refractivity contribution in [1.29, 1.82) is 0 Å². The van der Waals surface area contributed by atoms with Gasteiger partial charge in [0.2, 0.25) is 6.72 Å². The Hall–Kier alpha value is 1.01. The molecule has 0 N–H and O–H groups in total. The molecule has 22 valence electrons. The first-order valence-electron chi connectivity index (χ1n) is 0.907. The topological polar surface area (TPSA) is 0 Å². The molecule has 0 bridgehead atoms. The average Bonchev–Trinajstić information content (AvgIpc) is 1.37. The molecular formula is H3BP2S. The SMILES string of the molecule is PBP=S. The Kier molecular flexibility index (Phi) is 5.03. The molecule has 0 nitrogen and oxygen atoms in total. The maximum atomic E-state index is 4.50. The Morgan fingerprint density at radius 2 is 2.25 bits per heavy atom. The van der Waals surface area contributed by atoms with Crippen LogP contribution in [0.25, 0.3) is 0 Å². The first-order valence-corrected chi connectivity index (χ1v) is 3.82. The summed E-state index contributed by atoms with van der Waals surface area (Å²) in [4.78, 5) is 0. The smallest absolute Gasteiger partial charge is 0.164 e. The minimum absolute atomic E-state index is 1.02. The molecule has 0 saturated heterocycles. The van der Waals surface area contributed by atoms with Crippen molar-refractivity contribution in [2.75, 3.05) is 0 Å². The van der Waals surface area contributed by atoms with Crippen molar-refractivity contribution < 1.29 is 0 Å². The van der Waals surface area contributed by atoms with Gasteiger partial charge in [0.25, 0.3) is 0 Å². The summed E-state index contributed by atoms with van der Waals surface area (Å²) in [5.41, 5.74) is 0. The maximum absolute atomic E-state index is 4.50. The van der Waals surface area contributed by atoms with E-state index in [-0.39, 0.29) is 0 Å². The predicted molar refractivity (Wildman–Crippen MR) is 31.1 cm³/mol. The summed E-state index contributed by atoms with van der Waals surface area (Å²) in [7, 11) is 3.58. The monoisotopic (exact) mass is 108 g/mol. The quantitative estimate of drug-likeness (QED) is 0.348. The van der Waals surface area contributed by atoms with Gasteiger partial charge in [-0.2, -0.15) is 9.12 Å². The van der Waals surface area contributed by atoms with Crippen molar-refractivity contribution >= 4 is 34.9 Å². The molecule has 0 spiro atoms. The largest absolute Gasteiger partial charge is 0.221 e. The van der Waals surface area contributed by atoms with E-state index in [0.29, 0.717) is 0 Å². The third-order valence-corrected chi connectivity index (χ3v) is 2.01. The molecule has 0 rings (SSSR count). The van der Waals surface area contributed by atoms with Gasteiger partial charge in [0, 0.05) is 0 Å². The van der Waals surface area contributed by atoms with Gasteiger partial charge in [0.15, 0.2) is 0 Å². The fraction of sp³-hybridized carbons (Fsp3) is 0. The van der Waals surface area contributed by atoms with E-state index in [1.165, 1.54) is 0 Å². The fourth-order valence-electron chi connectivity index (χ4n) is 0. The maximum Gasteiger partial charge on any atom is 0.221 e. The summed E-state index contributed by atoms with van der Waals surface area (Å²) in [5, 5.41) is 0. The van der Waals surface area contributed by atoms with E-state index in [2.05, 4.69) is 20.9 Å². The van der Waals surface area contributed by atoms with Crippen molar-refractivity contribution in [3.05, 3.63) is 0 Å². The van der Waals surface area contributed by atoms with Gasteiger partial charge in [-0.25, -0.2) is 0 Å². The molecule has 0 saturated carbocycles. The highest BCUT2D eigenvalue weighted by Gasteiger charge is 1.56. The van der Waals surface area contributed by atoms with Crippen molar-refractivity contribution in [2.45, 2.75) is 0 Å². The Morgan fingerprint density at radius 1 is 2.00 bits per heavy atom. The molecule has 4 heavy (non-hydrogen) atoms. The van der Waals surface area contributed by atoms with E-state index in [1.807, 2.05) is 0 Å². The van der Waals surface area contributed by atoms with Gasteiger partial charge in [-0.1, -0.05) is 19.0 Å². The molecule has 4 heteroatoms. The Labute approximate surface area is 35.6 Å². The van der Waals surface area contributed by atoms with Gasteiger partial charge >= 0.3 is 0 Å². The van der Waals surface area contributed by atoms with Crippen LogP contribution < -0.4 is 0 Å². The van der Waals surface area contributed by atoms with Crippen molar-refractivity contribution in [1.82, 2.24) is 0 Å². The van der Waals surface area contributed by atoms with E-state index in [1.54, 1.807) is 0 Å². The van der Waals surface area contributed by atoms with Crippen LogP contribution in [0.3, 0.4) is 0 Å². The van der Waals surface area contributed by atoms with Crippen LogP contribution in [0.15, 0.2) is 0 Å². The van der Waals surface area contributed by atoms with Gasteiger partial charge in [0.05, 0.1) is 0 Å². The molecule has 0 aliphatic carbocycles. The van der Waals surface area contributed by atoms with Crippen molar-refractivity contribution in [2.24, 2.45) is 0 Å². The second kappa shape index (κ2) is 4.01. The zero-order valence-corrected chi connectivity index (χ0v) is 5.01. The van der Waals surface area contributed by atoms with Crippen LogP contribution in [0.4, 0.5) is 0 Å². The molecule has 1 unspecified atom stereocenters. The molecule has 0 radical (unpaired) electrons. The molecular weight excluding hydrogens is 105 g/mol. The van der Waals surface area contributed by atoms with Gasteiger partial charge in [0.1, 0.15) is 0 Å². The Bertz CT molecular complexity index is 20.0. The van der Waals surface area contributed by atoms with Crippen molar-refractivity contribution in [3.63, 3.8) is 0 Å². The predicted octanol–water partition coefficient (Wildman–Crippen LogP) is 0.536. The first-order chi connectivity index (χ1) is 1.91. The molecule has 0 amide bonds. The zero-order valence-electron chi connectivity index (χ0n) is 2.14. The van der Waals surface area contributed by atoms with Gasteiger partial charge in [-0.3, -0.25) is 0 Å². The summed E-state index contributed by atoms with van der Waals surface area (Å²) in [6, 6.07) is 0. The minimum atomic E-state index is 1.02. The lowest BCUT2D eigenvalue weighted by atomic mass is 10.7. The molecule has 0 aliphatic heterocycles. The summed E-state index contributed by atoms with van der Waals surface area (Å²) >= 11 is 4.50. The Morgan fingerprint density at radius 3 is 2.25 bits per heavy atom. The fourth-order valence-corrected chi connectivity index (χ4v) is 0. The van der Waals surface area contributed by atoms with E-state index >= 15 is 0 Å². The number of hydrogen-bond donors (Lipinski definition) is 0. The van der Waals surface area contributed by atoms with Gasteiger partial charge < -0.3 is 0 Å². The van der Waals surface area contributed by atoms with E-state index < -0.39 is 0 Å². The van der Waals surface area contributed by atoms with Crippen LogP contribution in [-0.4, -0.2) is 6.72 Å². The zero-order chi connectivity index (χ0) is 3.41. The second-order valence-electron chi connectivity index (χ2n) is 0.312. The van der Waals surface area contributed by atoms with Crippen LogP contribution in [0, 0.1) is 0 Å². The summed E-state index contributed by atoms with van der Waals surface area (Å²) in [6.07, 6.45) is 0. The highest BCUT2D eigenvalue weighted by molar-refractivity contribution is 8.17. The van der Waals surface area contributed by atoms with Gasteiger partial charge in [-0.15, -0.1) is 0 Å². The van der Waals surface area contributed by atoms with Crippen LogP contribution >= 0.6 is 16.4 Å². The third kappa shape index (κ3) is 3.01. The number of rotatable bonds is 1. The normalized spacial score (nSPS) is 7.25. The molecule has 0 aromatic carbocycles. The number of hydrogen-bond acceptors (Lipinski definition) is 1. The lowest BCUT2D eigenvalue weighted by Gasteiger charge is -1.48. The van der Waals surface area contributed by atoms with Crippen LogP contribution in [0.5, 0.6) is 0 Å². The van der Waals surface area contributed by atoms with E-state index in [0.717, 1.165) is 14.0 Å². The van der Waals surface area contributed by atoms with Crippen LogP contribution in [-0.2, 0) is 11.8 Å². The van der Waals surface area contributed by atoms with Crippen molar-refractivity contribution in [3.8, 4) is 0 Å². The molecule has 0 aromatic rings. The molecule has 0 heterocycles. The highest BCUT2D eigenvalue weighted by atomic mass is 32.4. The van der Waals surface area contributed by atoms with E-state index in [4.69, 9.17) is 0 Å². The Balaban J connectivity index is 2.30.